The van der Waals surface area contributed by atoms with E-state index in [0.29, 0.717) is 34.7 Å². The Morgan fingerprint density at radius 2 is 1.86 bits per heavy atom. The predicted octanol–water partition coefficient (Wildman–Crippen LogP) is 4.58. The van der Waals surface area contributed by atoms with Crippen LogP contribution < -0.4 is 16.0 Å². The first-order valence-electron chi connectivity index (χ1n) is 14.3. The fourth-order valence-corrected chi connectivity index (χ4v) is 6.13. The Morgan fingerprint density at radius 3 is 2.56 bits per heavy atom. The molecule has 2 heterocycles. The molecule has 0 aliphatic carbocycles. The Bertz CT molecular complexity index is 1540. The number of carbonyl (C=O) groups excluding carboxylic acids is 3. The Morgan fingerprint density at radius 1 is 1.14 bits per heavy atom. The van der Waals surface area contributed by atoms with Gasteiger partial charge in [-0.3, -0.25) is 14.4 Å². The van der Waals surface area contributed by atoms with Crippen molar-refractivity contribution in [3.8, 4) is 0 Å². The third-order valence-corrected chi connectivity index (χ3v) is 8.73. The Balaban J connectivity index is 1.30. The number of halogens is 1. The molecule has 5 rings (SSSR count). The summed E-state index contributed by atoms with van der Waals surface area (Å²) in [6.07, 6.45) is 5.20. The Kier molecular flexibility index (Phi) is 9.00. The second-order valence-electron chi connectivity index (χ2n) is 11.1. The second kappa shape index (κ2) is 12.7. The molecule has 0 aromatic heterocycles. The van der Waals surface area contributed by atoms with Crippen molar-refractivity contribution < 1.29 is 24.6 Å². The third kappa shape index (κ3) is 6.22. The molecule has 10 heteroatoms. The standard InChI is InChI=1S/C33H35BrN4O5/c1-21(4-2-6-30(40)37-17-3-5-27(37)20-39)33(43)28-18-24(34)11-16-29(28)38(32(33)42)19-22-7-14-26(15-8-22)36-31(41)23-9-12-25(35)13-10-23/h2,4,7-16,18,21,27,39,43H,3,5-6,17,19-20,35H2,1H3,(H,36,41)/b4-2+/t21-,27-,33+/m0/s1. The number of nitrogens with two attached hydrogens (primary N) is 1. The summed E-state index contributed by atoms with van der Waals surface area (Å²) >= 11 is 3.47. The average molecular weight is 648 g/mol. The number of hydrogen-bond donors (Lipinski definition) is 4. The number of benzene rings is 3. The zero-order valence-electron chi connectivity index (χ0n) is 23.9. The maximum atomic E-state index is 13.9. The van der Waals surface area contributed by atoms with Gasteiger partial charge in [0.2, 0.25) is 5.91 Å². The highest BCUT2D eigenvalue weighted by Crippen LogP contribution is 2.46. The lowest BCUT2D eigenvalue weighted by molar-refractivity contribution is -0.139. The third-order valence-electron chi connectivity index (χ3n) is 8.24. The molecule has 3 aromatic rings. The van der Waals surface area contributed by atoms with Crippen LogP contribution in [0.4, 0.5) is 17.1 Å². The van der Waals surface area contributed by atoms with Crippen LogP contribution in [0.25, 0.3) is 0 Å². The monoisotopic (exact) mass is 646 g/mol. The zero-order valence-corrected chi connectivity index (χ0v) is 25.5. The molecule has 9 nitrogen and oxygen atoms in total. The van der Waals surface area contributed by atoms with E-state index in [2.05, 4.69) is 21.2 Å². The van der Waals surface area contributed by atoms with Gasteiger partial charge in [0.15, 0.2) is 5.60 Å². The molecule has 0 radical (unpaired) electrons. The van der Waals surface area contributed by atoms with Crippen LogP contribution in [0.15, 0.2) is 83.4 Å². The minimum atomic E-state index is -1.83. The maximum Gasteiger partial charge on any atom is 0.264 e. The molecule has 43 heavy (non-hydrogen) atoms. The molecule has 224 valence electrons. The number of nitrogen functional groups attached to an aromatic ring is 1. The lowest BCUT2D eigenvalue weighted by Crippen LogP contribution is -2.44. The minimum Gasteiger partial charge on any atom is -0.399 e. The summed E-state index contributed by atoms with van der Waals surface area (Å²) in [6, 6.07) is 19.1. The number of amides is 3. The highest BCUT2D eigenvalue weighted by Gasteiger charge is 2.52. The van der Waals surface area contributed by atoms with Crippen LogP contribution in [0.5, 0.6) is 0 Å². The van der Waals surface area contributed by atoms with E-state index in [0.717, 1.165) is 22.9 Å². The Hall–Kier alpha value is -3.99. The molecule has 0 saturated carbocycles. The number of carbonyl (C=O) groups is 3. The summed E-state index contributed by atoms with van der Waals surface area (Å²) in [5.41, 5.74) is 7.45. The topological polar surface area (TPSA) is 136 Å². The van der Waals surface area contributed by atoms with Crippen molar-refractivity contribution in [3.05, 3.63) is 100 Å². The molecule has 0 unspecified atom stereocenters. The van der Waals surface area contributed by atoms with Crippen molar-refractivity contribution >= 4 is 50.7 Å². The first kappa shape index (κ1) is 30.5. The quantitative estimate of drug-likeness (QED) is 0.198. The van der Waals surface area contributed by atoms with E-state index in [1.54, 1.807) is 77.4 Å². The van der Waals surface area contributed by atoms with E-state index >= 15 is 0 Å². The summed E-state index contributed by atoms with van der Waals surface area (Å²) in [6.45, 7) is 2.55. The van der Waals surface area contributed by atoms with Gasteiger partial charge in [0.25, 0.3) is 11.8 Å². The van der Waals surface area contributed by atoms with Crippen LogP contribution >= 0.6 is 15.9 Å². The molecule has 3 aromatic carbocycles. The lowest BCUT2D eigenvalue weighted by atomic mass is 9.83. The molecule has 5 N–H and O–H groups in total. The van der Waals surface area contributed by atoms with Crippen LogP contribution in [-0.4, -0.2) is 52.0 Å². The van der Waals surface area contributed by atoms with E-state index in [1.165, 1.54) is 0 Å². The van der Waals surface area contributed by atoms with Crippen molar-refractivity contribution in [1.82, 2.24) is 4.90 Å². The van der Waals surface area contributed by atoms with Crippen LogP contribution in [-0.2, 0) is 21.7 Å². The van der Waals surface area contributed by atoms with Crippen molar-refractivity contribution in [2.45, 2.75) is 44.4 Å². The van der Waals surface area contributed by atoms with Gasteiger partial charge in [0.1, 0.15) is 0 Å². The van der Waals surface area contributed by atoms with E-state index < -0.39 is 17.4 Å². The van der Waals surface area contributed by atoms with Crippen LogP contribution in [0.3, 0.4) is 0 Å². The number of rotatable bonds is 9. The number of nitrogens with zero attached hydrogens (tertiary/aromatic N) is 2. The highest BCUT2D eigenvalue weighted by atomic mass is 79.9. The molecule has 3 amide bonds. The van der Waals surface area contributed by atoms with Gasteiger partial charge in [-0.2, -0.15) is 0 Å². The normalized spacial score (nSPS) is 20.5. The highest BCUT2D eigenvalue weighted by molar-refractivity contribution is 9.10. The maximum absolute atomic E-state index is 13.9. The van der Waals surface area contributed by atoms with E-state index in [4.69, 9.17) is 5.73 Å². The van der Waals surface area contributed by atoms with Crippen LogP contribution in [0.1, 0.15) is 47.7 Å². The van der Waals surface area contributed by atoms with E-state index in [9.17, 15) is 24.6 Å². The van der Waals surface area contributed by atoms with Crippen molar-refractivity contribution in [2.24, 2.45) is 5.92 Å². The summed E-state index contributed by atoms with van der Waals surface area (Å²) < 4.78 is 0.732. The molecular weight excluding hydrogens is 612 g/mol. The van der Waals surface area contributed by atoms with Gasteiger partial charge in [0.05, 0.1) is 24.9 Å². The summed E-state index contributed by atoms with van der Waals surface area (Å²) in [7, 11) is 0. The molecule has 1 fully saturated rings. The van der Waals surface area contributed by atoms with Gasteiger partial charge < -0.3 is 31.1 Å². The van der Waals surface area contributed by atoms with Gasteiger partial charge >= 0.3 is 0 Å². The van der Waals surface area contributed by atoms with Gasteiger partial charge in [-0.15, -0.1) is 0 Å². The van der Waals surface area contributed by atoms with Crippen molar-refractivity contribution in [1.29, 1.82) is 0 Å². The SMILES string of the molecule is C[C@@H](/C=C/CC(=O)N1CCC[C@H]1CO)[C@]1(O)C(=O)N(Cc2ccc(NC(=O)c3ccc(N)cc3)cc2)c2ccc(Br)cc21. The zero-order chi connectivity index (χ0) is 30.7. The molecule has 2 aliphatic rings. The fraction of sp³-hybridized carbons (Fsp3) is 0.303. The number of aliphatic hydroxyl groups is 2. The van der Waals surface area contributed by atoms with Crippen LogP contribution in [0.2, 0.25) is 0 Å². The predicted molar refractivity (Wildman–Crippen MR) is 169 cm³/mol. The second-order valence-corrected chi connectivity index (χ2v) is 12.0. The molecular formula is C33H35BrN4O5. The van der Waals surface area contributed by atoms with Gasteiger partial charge in [-0.25, -0.2) is 0 Å². The number of anilines is 3. The van der Waals surface area contributed by atoms with Gasteiger partial charge in [-0.05, 0) is 73.0 Å². The van der Waals surface area contributed by atoms with Crippen molar-refractivity contribution in [3.63, 3.8) is 0 Å². The molecule has 1 saturated heterocycles. The number of nitrogens with one attached hydrogen (secondary N) is 1. The van der Waals surface area contributed by atoms with Gasteiger partial charge in [0, 0.05) is 45.9 Å². The van der Waals surface area contributed by atoms with Crippen molar-refractivity contribution in [2.75, 3.05) is 29.1 Å². The lowest BCUT2D eigenvalue weighted by Gasteiger charge is -2.28. The number of hydrogen-bond acceptors (Lipinski definition) is 6. The fourth-order valence-electron chi connectivity index (χ4n) is 5.77. The first-order chi connectivity index (χ1) is 20.6. The van der Waals surface area contributed by atoms with Gasteiger partial charge in [-0.1, -0.05) is 47.1 Å². The Labute approximate surface area is 259 Å². The molecule has 0 bridgehead atoms. The smallest absolute Gasteiger partial charge is 0.264 e. The van der Waals surface area contributed by atoms with Crippen LogP contribution in [0, 0.1) is 5.92 Å². The van der Waals surface area contributed by atoms with E-state index in [1.807, 2.05) is 18.2 Å². The summed E-state index contributed by atoms with van der Waals surface area (Å²) in [5, 5.41) is 24.3. The molecule has 3 atom stereocenters. The minimum absolute atomic E-state index is 0.0530. The molecule has 2 aliphatic heterocycles. The number of likely N-dealkylation sites (tertiary alicyclic amines) is 1. The van der Waals surface area contributed by atoms with E-state index in [-0.39, 0.29) is 37.4 Å². The largest absolute Gasteiger partial charge is 0.399 e. The molecule has 0 spiro atoms. The summed E-state index contributed by atoms with van der Waals surface area (Å²) in [4.78, 5) is 42.4. The average Bonchev–Trinajstić information content (AvgIpc) is 3.56. The summed E-state index contributed by atoms with van der Waals surface area (Å²) in [5.74, 6) is -1.42. The first-order valence-corrected chi connectivity index (χ1v) is 15.1. The number of aliphatic hydroxyl groups excluding tert-OH is 1. The number of fused-ring (bicyclic) bond motifs is 1.